The van der Waals surface area contributed by atoms with Crippen LogP contribution in [0.25, 0.3) is 0 Å². The second-order valence-corrected chi connectivity index (χ2v) is 5.66. The summed E-state index contributed by atoms with van der Waals surface area (Å²) in [4.78, 5) is 2.70. The van der Waals surface area contributed by atoms with E-state index in [4.69, 9.17) is 4.74 Å². The number of hydrogen-bond donors (Lipinski definition) is 0. The van der Waals surface area contributed by atoms with E-state index in [9.17, 15) is 0 Å². The third-order valence-electron chi connectivity index (χ3n) is 4.66. The lowest BCUT2D eigenvalue weighted by molar-refractivity contribution is 0.215. The van der Waals surface area contributed by atoms with Crippen LogP contribution in [0.3, 0.4) is 0 Å². The smallest absolute Gasteiger partial charge is 0.122 e. The lowest BCUT2D eigenvalue weighted by Crippen LogP contribution is -2.38. The molecule has 3 rings (SSSR count). The standard InChI is InChI=1S/C16H23NO.ClH/c1-3-8-17-9-7-13-10-14-12(11-15(13)17)5-4-6-16(14)18-2;/h4-6,13,15H,3,7-11H2,1-2H3;1H. The van der Waals surface area contributed by atoms with E-state index in [1.54, 1.807) is 7.11 Å². The van der Waals surface area contributed by atoms with Crippen molar-refractivity contribution in [3.05, 3.63) is 29.3 Å². The molecular formula is C16H24ClNO. The average molecular weight is 282 g/mol. The molecule has 1 aliphatic heterocycles. The Bertz CT molecular complexity index is 435. The molecule has 1 aromatic carbocycles. The maximum Gasteiger partial charge on any atom is 0.122 e. The summed E-state index contributed by atoms with van der Waals surface area (Å²) in [6.45, 7) is 4.84. The van der Waals surface area contributed by atoms with Crippen molar-refractivity contribution in [2.24, 2.45) is 5.92 Å². The van der Waals surface area contributed by atoms with Crippen molar-refractivity contribution in [1.82, 2.24) is 4.90 Å². The highest BCUT2D eigenvalue weighted by atomic mass is 35.5. The third kappa shape index (κ3) is 2.61. The number of ether oxygens (including phenoxy) is 1. The van der Waals surface area contributed by atoms with E-state index in [1.807, 2.05) is 0 Å². The van der Waals surface area contributed by atoms with Gasteiger partial charge in [0.25, 0.3) is 0 Å². The molecule has 1 saturated heterocycles. The normalized spacial score (nSPS) is 25.4. The number of methoxy groups -OCH3 is 1. The van der Waals surface area contributed by atoms with Gasteiger partial charge in [-0.1, -0.05) is 19.1 Å². The minimum absolute atomic E-state index is 0. The first kappa shape index (κ1) is 14.7. The van der Waals surface area contributed by atoms with Crippen molar-refractivity contribution in [3.63, 3.8) is 0 Å². The molecular weight excluding hydrogens is 258 g/mol. The molecule has 1 fully saturated rings. The summed E-state index contributed by atoms with van der Waals surface area (Å²) < 4.78 is 5.52. The van der Waals surface area contributed by atoms with E-state index < -0.39 is 0 Å². The van der Waals surface area contributed by atoms with Crippen LogP contribution in [0.5, 0.6) is 5.75 Å². The molecule has 0 radical (unpaired) electrons. The summed E-state index contributed by atoms with van der Waals surface area (Å²) in [5.41, 5.74) is 2.98. The fourth-order valence-corrected chi connectivity index (χ4v) is 3.80. The van der Waals surface area contributed by atoms with Crippen LogP contribution in [0.1, 0.15) is 30.9 Å². The van der Waals surface area contributed by atoms with Crippen LogP contribution in [0.15, 0.2) is 18.2 Å². The van der Waals surface area contributed by atoms with Crippen molar-refractivity contribution in [2.45, 2.75) is 38.6 Å². The van der Waals surface area contributed by atoms with Crippen LogP contribution in [-0.2, 0) is 12.8 Å². The van der Waals surface area contributed by atoms with E-state index >= 15 is 0 Å². The zero-order chi connectivity index (χ0) is 12.5. The molecule has 2 nitrogen and oxygen atoms in total. The van der Waals surface area contributed by atoms with Gasteiger partial charge in [0.15, 0.2) is 0 Å². The Balaban J connectivity index is 0.00000133. The highest BCUT2D eigenvalue weighted by Crippen LogP contribution is 2.39. The van der Waals surface area contributed by atoms with Gasteiger partial charge in [0.2, 0.25) is 0 Å². The molecule has 0 saturated carbocycles. The van der Waals surface area contributed by atoms with Gasteiger partial charge in [0, 0.05) is 6.04 Å². The average Bonchev–Trinajstić information content (AvgIpc) is 2.79. The van der Waals surface area contributed by atoms with Gasteiger partial charge >= 0.3 is 0 Å². The Morgan fingerprint density at radius 1 is 1.32 bits per heavy atom. The molecule has 1 aromatic rings. The Hall–Kier alpha value is -0.730. The van der Waals surface area contributed by atoms with Gasteiger partial charge in [-0.2, -0.15) is 0 Å². The zero-order valence-electron chi connectivity index (χ0n) is 11.9. The Morgan fingerprint density at radius 3 is 2.89 bits per heavy atom. The van der Waals surface area contributed by atoms with Crippen LogP contribution in [0, 0.1) is 5.92 Å². The van der Waals surface area contributed by atoms with Crippen molar-refractivity contribution >= 4 is 12.4 Å². The number of nitrogens with zero attached hydrogens (tertiary/aromatic N) is 1. The molecule has 2 aliphatic rings. The first-order chi connectivity index (χ1) is 8.83. The van der Waals surface area contributed by atoms with Crippen molar-refractivity contribution < 1.29 is 4.74 Å². The molecule has 0 bridgehead atoms. The number of likely N-dealkylation sites (tertiary alicyclic amines) is 1. The predicted molar refractivity (Wildman–Crippen MR) is 81.4 cm³/mol. The molecule has 3 heteroatoms. The van der Waals surface area contributed by atoms with Gasteiger partial charge in [-0.05, 0) is 61.9 Å². The summed E-state index contributed by atoms with van der Waals surface area (Å²) in [6, 6.07) is 7.32. The lowest BCUT2D eigenvalue weighted by Gasteiger charge is -2.33. The van der Waals surface area contributed by atoms with Crippen LogP contribution in [-0.4, -0.2) is 31.1 Å². The third-order valence-corrected chi connectivity index (χ3v) is 4.66. The first-order valence-corrected chi connectivity index (χ1v) is 7.22. The molecule has 19 heavy (non-hydrogen) atoms. The van der Waals surface area contributed by atoms with E-state index in [-0.39, 0.29) is 12.4 Å². The molecule has 1 aliphatic carbocycles. The summed E-state index contributed by atoms with van der Waals surface area (Å²) in [5.74, 6) is 1.94. The van der Waals surface area contributed by atoms with Crippen molar-refractivity contribution in [1.29, 1.82) is 0 Å². The molecule has 1 heterocycles. The van der Waals surface area contributed by atoms with Gasteiger partial charge in [-0.25, -0.2) is 0 Å². The number of fused-ring (bicyclic) bond motifs is 2. The maximum absolute atomic E-state index is 5.52. The Labute approximate surface area is 122 Å². The van der Waals surface area contributed by atoms with E-state index in [1.165, 1.54) is 49.9 Å². The highest BCUT2D eigenvalue weighted by molar-refractivity contribution is 5.85. The SMILES string of the molecule is CCCN1CCC2Cc3c(cccc3OC)CC21.Cl. The second-order valence-electron chi connectivity index (χ2n) is 5.66. The van der Waals surface area contributed by atoms with Gasteiger partial charge in [-0.3, -0.25) is 4.90 Å². The molecule has 0 spiro atoms. The number of rotatable bonds is 3. The van der Waals surface area contributed by atoms with E-state index in [2.05, 4.69) is 30.0 Å². The van der Waals surface area contributed by atoms with Crippen LogP contribution < -0.4 is 4.74 Å². The molecule has 106 valence electrons. The van der Waals surface area contributed by atoms with Gasteiger partial charge in [0.05, 0.1) is 7.11 Å². The quantitative estimate of drug-likeness (QED) is 0.843. The molecule has 0 N–H and O–H groups in total. The van der Waals surface area contributed by atoms with E-state index in [0.717, 1.165) is 17.7 Å². The van der Waals surface area contributed by atoms with Crippen molar-refractivity contribution in [2.75, 3.05) is 20.2 Å². The summed E-state index contributed by atoms with van der Waals surface area (Å²) in [7, 11) is 1.79. The van der Waals surface area contributed by atoms with E-state index in [0.29, 0.717) is 0 Å². The fourth-order valence-electron chi connectivity index (χ4n) is 3.80. The molecule has 0 aromatic heterocycles. The number of hydrogen-bond acceptors (Lipinski definition) is 2. The molecule has 2 atom stereocenters. The van der Waals surface area contributed by atoms with Crippen molar-refractivity contribution in [3.8, 4) is 5.75 Å². The Morgan fingerprint density at radius 2 is 2.16 bits per heavy atom. The van der Waals surface area contributed by atoms with Gasteiger partial charge in [-0.15, -0.1) is 12.4 Å². The lowest BCUT2D eigenvalue weighted by atomic mass is 9.80. The van der Waals surface area contributed by atoms with Crippen LogP contribution in [0.4, 0.5) is 0 Å². The highest BCUT2D eigenvalue weighted by Gasteiger charge is 2.37. The molecule has 0 amide bonds. The summed E-state index contributed by atoms with van der Waals surface area (Å²) >= 11 is 0. The monoisotopic (exact) mass is 281 g/mol. The predicted octanol–water partition coefficient (Wildman–Crippen LogP) is 3.32. The van der Waals surface area contributed by atoms with Gasteiger partial charge < -0.3 is 4.74 Å². The maximum atomic E-state index is 5.52. The topological polar surface area (TPSA) is 12.5 Å². The minimum Gasteiger partial charge on any atom is -0.496 e. The largest absolute Gasteiger partial charge is 0.496 e. The van der Waals surface area contributed by atoms with Crippen LogP contribution >= 0.6 is 12.4 Å². The molecule has 2 unspecified atom stereocenters. The summed E-state index contributed by atoms with van der Waals surface area (Å²) in [5, 5.41) is 0. The number of benzene rings is 1. The number of halogens is 1. The zero-order valence-corrected chi connectivity index (χ0v) is 12.7. The van der Waals surface area contributed by atoms with Gasteiger partial charge in [0.1, 0.15) is 5.75 Å². The first-order valence-electron chi connectivity index (χ1n) is 7.22. The second kappa shape index (κ2) is 6.15. The Kier molecular flexibility index (Phi) is 4.75. The summed E-state index contributed by atoms with van der Waals surface area (Å²) in [6.07, 6.45) is 5.07. The van der Waals surface area contributed by atoms with Crippen LogP contribution in [0.2, 0.25) is 0 Å². The fraction of sp³-hybridized carbons (Fsp3) is 0.625. The minimum atomic E-state index is 0.